The molecule has 27 heavy (non-hydrogen) atoms. The second kappa shape index (κ2) is 6.98. The first-order valence-electron chi connectivity index (χ1n) is 9.73. The minimum Gasteiger partial charge on any atom is -0.489 e. The topological polar surface area (TPSA) is 45.0 Å². The van der Waals surface area contributed by atoms with Gasteiger partial charge in [-0.05, 0) is 30.4 Å². The Bertz CT molecular complexity index is 906. The van der Waals surface area contributed by atoms with Crippen molar-refractivity contribution in [2.24, 2.45) is 0 Å². The minimum atomic E-state index is -0.316. The standard InChI is InChI=1S/C22H24N2O3/c1-2-4-17(5-3-1)16-25-19-8-11-24-21(14-19)20(15-23-24)18-6-9-22(10-7-18)26-12-13-27-22/h1-5,8,11,14-15,18H,6-7,9-10,12-13,16H2. The van der Waals surface area contributed by atoms with Crippen molar-refractivity contribution in [3.63, 3.8) is 0 Å². The second-order valence-electron chi connectivity index (χ2n) is 7.45. The van der Waals surface area contributed by atoms with Crippen LogP contribution in [0.25, 0.3) is 5.52 Å². The zero-order valence-electron chi connectivity index (χ0n) is 15.3. The summed E-state index contributed by atoms with van der Waals surface area (Å²) in [7, 11) is 0. The third kappa shape index (κ3) is 3.33. The molecule has 140 valence electrons. The molecule has 1 spiro atoms. The molecular weight excluding hydrogens is 340 g/mol. The number of aromatic nitrogens is 2. The van der Waals surface area contributed by atoms with Crippen molar-refractivity contribution in [2.75, 3.05) is 13.2 Å². The molecule has 0 bridgehead atoms. The molecular formula is C22H24N2O3. The molecule has 0 atom stereocenters. The van der Waals surface area contributed by atoms with Crippen molar-refractivity contribution >= 4 is 5.52 Å². The van der Waals surface area contributed by atoms with Gasteiger partial charge in [0, 0.05) is 30.7 Å². The van der Waals surface area contributed by atoms with E-state index in [0.29, 0.717) is 12.5 Å². The summed E-state index contributed by atoms with van der Waals surface area (Å²) in [6, 6.07) is 14.3. The number of nitrogens with zero attached hydrogens (tertiary/aromatic N) is 2. The lowest BCUT2D eigenvalue weighted by atomic mass is 9.81. The number of hydrogen-bond donors (Lipinski definition) is 0. The Kier molecular flexibility index (Phi) is 4.34. The van der Waals surface area contributed by atoms with Crippen LogP contribution in [0.4, 0.5) is 0 Å². The third-order valence-corrected chi connectivity index (χ3v) is 5.77. The van der Waals surface area contributed by atoms with Crippen molar-refractivity contribution in [3.05, 3.63) is 66.0 Å². The average Bonchev–Trinajstić information content (AvgIpc) is 3.35. The SMILES string of the molecule is c1ccc(COc2ccn3ncc(C4CCC5(CC4)OCCO5)c3c2)cc1. The zero-order valence-corrected chi connectivity index (χ0v) is 15.3. The lowest BCUT2D eigenvalue weighted by Crippen LogP contribution is -2.34. The van der Waals surface area contributed by atoms with Crippen LogP contribution in [0.3, 0.4) is 0 Å². The number of ether oxygens (including phenoxy) is 3. The van der Waals surface area contributed by atoms with Crippen molar-refractivity contribution in [2.45, 2.75) is 44.0 Å². The zero-order chi connectivity index (χ0) is 18.1. The van der Waals surface area contributed by atoms with Gasteiger partial charge < -0.3 is 14.2 Å². The van der Waals surface area contributed by atoms with Gasteiger partial charge in [0.1, 0.15) is 12.4 Å². The molecule has 3 heterocycles. The van der Waals surface area contributed by atoms with Crippen LogP contribution in [0, 0.1) is 0 Å². The van der Waals surface area contributed by atoms with E-state index in [1.54, 1.807) is 0 Å². The molecule has 1 aromatic carbocycles. The van der Waals surface area contributed by atoms with E-state index >= 15 is 0 Å². The lowest BCUT2D eigenvalue weighted by Gasteiger charge is -2.35. The Balaban J connectivity index is 1.33. The quantitative estimate of drug-likeness (QED) is 0.692. The molecule has 2 aromatic heterocycles. The number of pyridine rings is 1. The molecule has 1 aliphatic heterocycles. The maximum absolute atomic E-state index is 6.01. The second-order valence-corrected chi connectivity index (χ2v) is 7.45. The van der Waals surface area contributed by atoms with Gasteiger partial charge in [0.15, 0.2) is 5.79 Å². The highest BCUT2D eigenvalue weighted by Gasteiger charge is 2.41. The van der Waals surface area contributed by atoms with Gasteiger partial charge in [0.05, 0.1) is 24.9 Å². The van der Waals surface area contributed by atoms with Gasteiger partial charge in [-0.15, -0.1) is 0 Å². The van der Waals surface area contributed by atoms with Crippen LogP contribution in [0.2, 0.25) is 0 Å². The molecule has 0 N–H and O–H groups in total. The summed E-state index contributed by atoms with van der Waals surface area (Å²) in [5.41, 5.74) is 3.60. The Morgan fingerprint density at radius 1 is 1.07 bits per heavy atom. The molecule has 0 radical (unpaired) electrons. The molecule has 1 saturated heterocycles. The maximum Gasteiger partial charge on any atom is 0.168 e. The first-order valence-corrected chi connectivity index (χ1v) is 9.73. The van der Waals surface area contributed by atoms with Crippen molar-refractivity contribution < 1.29 is 14.2 Å². The van der Waals surface area contributed by atoms with Crippen molar-refractivity contribution in [1.82, 2.24) is 9.61 Å². The molecule has 1 aliphatic carbocycles. The Morgan fingerprint density at radius 2 is 1.85 bits per heavy atom. The van der Waals surface area contributed by atoms with E-state index in [0.717, 1.165) is 50.2 Å². The van der Waals surface area contributed by atoms with Crippen LogP contribution in [-0.2, 0) is 16.1 Å². The van der Waals surface area contributed by atoms with Gasteiger partial charge in [0.25, 0.3) is 0 Å². The molecule has 0 amide bonds. The highest BCUT2D eigenvalue weighted by molar-refractivity contribution is 5.58. The molecule has 0 unspecified atom stereocenters. The van der Waals surface area contributed by atoms with Gasteiger partial charge in [-0.25, -0.2) is 4.52 Å². The van der Waals surface area contributed by atoms with E-state index in [-0.39, 0.29) is 5.79 Å². The highest BCUT2D eigenvalue weighted by Crippen LogP contribution is 2.43. The summed E-state index contributed by atoms with van der Waals surface area (Å²) in [6.07, 6.45) is 8.04. The summed E-state index contributed by atoms with van der Waals surface area (Å²) in [5.74, 6) is 1.05. The monoisotopic (exact) mass is 364 g/mol. The molecule has 5 heteroatoms. The van der Waals surface area contributed by atoms with E-state index in [4.69, 9.17) is 14.2 Å². The highest BCUT2D eigenvalue weighted by atomic mass is 16.7. The predicted molar refractivity (Wildman–Crippen MR) is 102 cm³/mol. The minimum absolute atomic E-state index is 0.316. The van der Waals surface area contributed by atoms with Crippen LogP contribution in [-0.4, -0.2) is 28.6 Å². The summed E-state index contributed by atoms with van der Waals surface area (Å²) in [6.45, 7) is 2.02. The van der Waals surface area contributed by atoms with E-state index in [1.807, 2.05) is 41.2 Å². The Hall–Kier alpha value is -2.37. The van der Waals surface area contributed by atoms with Crippen molar-refractivity contribution in [3.8, 4) is 5.75 Å². The fraction of sp³-hybridized carbons (Fsp3) is 0.409. The fourth-order valence-corrected chi connectivity index (χ4v) is 4.28. The van der Waals surface area contributed by atoms with Crippen molar-refractivity contribution in [1.29, 1.82) is 0 Å². The van der Waals surface area contributed by atoms with Gasteiger partial charge >= 0.3 is 0 Å². The van der Waals surface area contributed by atoms with Crippen LogP contribution < -0.4 is 4.74 Å². The van der Waals surface area contributed by atoms with Gasteiger partial charge in [-0.2, -0.15) is 5.10 Å². The first-order chi connectivity index (χ1) is 13.3. The molecule has 2 fully saturated rings. The predicted octanol–water partition coefficient (Wildman–Crippen LogP) is 4.31. The van der Waals surface area contributed by atoms with Crippen LogP contribution in [0.15, 0.2) is 54.9 Å². The maximum atomic E-state index is 6.01. The van der Waals surface area contributed by atoms with E-state index in [9.17, 15) is 0 Å². The third-order valence-electron chi connectivity index (χ3n) is 5.77. The Labute approximate surface area is 158 Å². The molecule has 3 aromatic rings. The molecule has 5 rings (SSSR count). The number of benzene rings is 1. The smallest absolute Gasteiger partial charge is 0.168 e. The molecule has 2 aliphatic rings. The number of fused-ring (bicyclic) bond motifs is 1. The Morgan fingerprint density at radius 3 is 2.63 bits per heavy atom. The largest absolute Gasteiger partial charge is 0.489 e. The summed E-state index contributed by atoms with van der Waals surface area (Å²) in [4.78, 5) is 0. The first kappa shape index (κ1) is 16.8. The van der Waals surface area contributed by atoms with Crippen LogP contribution in [0.1, 0.15) is 42.7 Å². The number of rotatable bonds is 4. The van der Waals surface area contributed by atoms with E-state index < -0.39 is 0 Å². The summed E-state index contributed by atoms with van der Waals surface area (Å²) >= 11 is 0. The van der Waals surface area contributed by atoms with Gasteiger partial charge in [-0.3, -0.25) is 0 Å². The lowest BCUT2D eigenvalue weighted by molar-refractivity contribution is -0.178. The normalized spacial score (nSPS) is 19.7. The average molecular weight is 364 g/mol. The van der Waals surface area contributed by atoms with Crippen LogP contribution in [0.5, 0.6) is 5.75 Å². The van der Waals surface area contributed by atoms with E-state index in [1.165, 1.54) is 11.1 Å². The fourth-order valence-electron chi connectivity index (χ4n) is 4.28. The molecule has 5 nitrogen and oxygen atoms in total. The summed E-state index contributed by atoms with van der Waals surface area (Å²) in [5, 5.41) is 4.54. The molecule has 1 saturated carbocycles. The van der Waals surface area contributed by atoms with Gasteiger partial charge in [0.2, 0.25) is 0 Å². The number of hydrogen-bond acceptors (Lipinski definition) is 4. The van der Waals surface area contributed by atoms with E-state index in [2.05, 4.69) is 23.3 Å². The van der Waals surface area contributed by atoms with Crippen LogP contribution >= 0.6 is 0 Å². The van der Waals surface area contributed by atoms with Gasteiger partial charge in [-0.1, -0.05) is 30.3 Å². The summed E-state index contributed by atoms with van der Waals surface area (Å²) < 4.78 is 19.7.